The zero-order valence-corrected chi connectivity index (χ0v) is 13.6. The Balaban J connectivity index is 2.02. The van der Waals surface area contributed by atoms with Crippen LogP contribution in [0.4, 0.5) is 0 Å². The lowest BCUT2D eigenvalue weighted by molar-refractivity contribution is 0.0469. The number of esters is 1. The van der Waals surface area contributed by atoms with Crippen molar-refractivity contribution in [1.29, 1.82) is 0 Å². The predicted molar refractivity (Wildman–Crippen MR) is 87.3 cm³/mol. The molecule has 3 nitrogen and oxygen atoms in total. The second-order valence-electron chi connectivity index (χ2n) is 6.22. The molecule has 0 bridgehead atoms. The molecule has 0 fully saturated rings. The average molecular weight is 298 g/mol. The lowest BCUT2D eigenvalue weighted by atomic mass is 9.87. The van der Waals surface area contributed by atoms with Gasteiger partial charge in [-0.25, -0.2) is 4.79 Å². The van der Waals surface area contributed by atoms with E-state index in [0.717, 1.165) is 5.56 Å². The molecule has 0 unspecified atom stereocenters. The Labute approximate surface area is 131 Å². The molecule has 0 saturated carbocycles. The number of carbonyl (C=O) groups is 1. The van der Waals surface area contributed by atoms with Crippen LogP contribution < -0.4 is 4.74 Å². The van der Waals surface area contributed by atoms with Crippen molar-refractivity contribution >= 4 is 5.97 Å². The molecule has 0 amide bonds. The van der Waals surface area contributed by atoms with Crippen LogP contribution in [0.5, 0.6) is 5.75 Å². The van der Waals surface area contributed by atoms with Gasteiger partial charge in [0, 0.05) is 0 Å². The van der Waals surface area contributed by atoms with Crippen LogP contribution in [-0.4, -0.2) is 13.1 Å². The zero-order chi connectivity index (χ0) is 16.2. The average Bonchev–Trinajstić information content (AvgIpc) is 2.52. The summed E-state index contributed by atoms with van der Waals surface area (Å²) in [5, 5.41) is 0. The van der Waals surface area contributed by atoms with Gasteiger partial charge in [0.25, 0.3) is 0 Å². The quantitative estimate of drug-likeness (QED) is 0.787. The molecule has 3 heteroatoms. The number of carbonyl (C=O) groups excluding carboxylic acids is 1. The highest BCUT2D eigenvalue weighted by molar-refractivity contribution is 5.92. The van der Waals surface area contributed by atoms with Gasteiger partial charge in [-0.3, -0.25) is 0 Å². The molecule has 0 radical (unpaired) electrons. The Bertz CT molecular complexity index is 636. The van der Waals surface area contributed by atoms with E-state index in [0.29, 0.717) is 11.3 Å². The van der Waals surface area contributed by atoms with Gasteiger partial charge in [-0.1, -0.05) is 57.2 Å². The summed E-state index contributed by atoms with van der Waals surface area (Å²) in [6.45, 7) is 6.76. The van der Waals surface area contributed by atoms with Gasteiger partial charge in [0.15, 0.2) is 0 Å². The van der Waals surface area contributed by atoms with Crippen LogP contribution in [-0.2, 0) is 16.8 Å². The van der Waals surface area contributed by atoms with Gasteiger partial charge in [0.2, 0.25) is 0 Å². The Morgan fingerprint density at radius 2 is 1.64 bits per heavy atom. The molecular weight excluding hydrogens is 276 g/mol. The second-order valence-corrected chi connectivity index (χ2v) is 6.22. The fraction of sp³-hybridized carbons (Fsp3) is 0.316. The molecule has 0 heterocycles. The van der Waals surface area contributed by atoms with Crippen molar-refractivity contribution in [2.24, 2.45) is 0 Å². The summed E-state index contributed by atoms with van der Waals surface area (Å²) in [7, 11) is 1.54. The number of methoxy groups -OCH3 is 1. The number of para-hydroxylation sites is 1. The van der Waals surface area contributed by atoms with E-state index in [9.17, 15) is 4.79 Å². The van der Waals surface area contributed by atoms with E-state index in [2.05, 4.69) is 32.9 Å². The van der Waals surface area contributed by atoms with Crippen molar-refractivity contribution < 1.29 is 14.3 Å². The number of benzene rings is 2. The van der Waals surface area contributed by atoms with E-state index in [1.165, 1.54) is 12.7 Å². The van der Waals surface area contributed by atoms with E-state index < -0.39 is 0 Å². The van der Waals surface area contributed by atoms with Crippen LogP contribution in [0.2, 0.25) is 0 Å². The van der Waals surface area contributed by atoms with Gasteiger partial charge < -0.3 is 9.47 Å². The van der Waals surface area contributed by atoms with Crippen molar-refractivity contribution in [3.05, 3.63) is 65.2 Å². The Morgan fingerprint density at radius 1 is 1.00 bits per heavy atom. The Kier molecular flexibility index (Phi) is 4.86. The van der Waals surface area contributed by atoms with Crippen LogP contribution in [0.25, 0.3) is 0 Å². The van der Waals surface area contributed by atoms with Crippen LogP contribution in [0.3, 0.4) is 0 Å². The van der Waals surface area contributed by atoms with Crippen LogP contribution in [0.15, 0.2) is 48.5 Å². The van der Waals surface area contributed by atoms with Crippen molar-refractivity contribution in [3.8, 4) is 5.75 Å². The summed E-state index contributed by atoms with van der Waals surface area (Å²) in [5.41, 5.74) is 2.78. The molecule has 2 aromatic rings. The van der Waals surface area contributed by atoms with Crippen molar-refractivity contribution in [2.45, 2.75) is 32.8 Å². The Morgan fingerprint density at radius 3 is 2.23 bits per heavy atom. The number of hydrogen-bond donors (Lipinski definition) is 0. The minimum absolute atomic E-state index is 0.118. The molecule has 0 aliphatic carbocycles. The maximum atomic E-state index is 12.1. The van der Waals surface area contributed by atoms with Crippen molar-refractivity contribution in [1.82, 2.24) is 0 Å². The van der Waals surface area contributed by atoms with E-state index >= 15 is 0 Å². The molecule has 116 valence electrons. The molecule has 0 aliphatic rings. The molecule has 2 rings (SSSR count). The highest BCUT2D eigenvalue weighted by atomic mass is 16.5. The maximum absolute atomic E-state index is 12.1. The molecule has 22 heavy (non-hydrogen) atoms. The van der Waals surface area contributed by atoms with E-state index in [1.54, 1.807) is 18.2 Å². The summed E-state index contributed by atoms with van der Waals surface area (Å²) in [6, 6.07) is 15.2. The topological polar surface area (TPSA) is 35.5 Å². The summed E-state index contributed by atoms with van der Waals surface area (Å²) in [4.78, 5) is 12.1. The summed E-state index contributed by atoms with van der Waals surface area (Å²) >= 11 is 0. The molecule has 0 aliphatic heterocycles. The van der Waals surface area contributed by atoms with E-state index in [1.807, 2.05) is 18.2 Å². The lowest BCUT2D eigenvalue weighted by Crippen LogP contribution is -2.11. The standard InChI is InChI=1S/C19H22O3/c1-19(2,3)15-11-9-14(10-12-15)13-22-18(20)16-7-5-6-8-17(16)21-4/h5-12H,13H2,1-4H3. The van der Waals surface area contributed by atoms with Crippen LogP contribution in [0, 0.1) is 0 Å². The van der Waals surface area contributed by atoms with Crippen molar-refractivity contribution in [2.75, 3.05) is 7.11 Å². The first-order valence-electron chi connectivity index (χ1n) is 7.31. The minimum atomic E-state index is -0.377. The summed E-state index contributed by atoms with van der Waals surface area (Å²) in [5.74, 6) is 0.146. The maximum Gasteiger partial charge on any atom is 0.342 e. The lowest BCUT2D eigenvalue weighted by Gasteiger charge is -2.19. The highest BCUT2D eigenvalue weighted by Crippen LogP contribution is 2.23. The third-order valence-electron chi connectivity index (χ3n) is 3.52. The Hall–Kier alpha value is -2.29. The largest absolute Gasteiger partial charge is 0.496 e. The monoisotopic (exact) mass is 298 g/mol. The fourth-order valence-electron chi connectivity index (χ4n) is 2.14. The number of rotatable bonds is 4. The first-order valence-corrected chi connectivity index (χ1v) is 7.31. The van der Waals surface area contributed by atoms with Crippen LogP contribution >= 0.6 is 0 Å². The van der Waals surface area contributed by atoms with Gasteiger partial charge in [-0.2, -0.15) is 0 Å². The van der Waals surface area contributed by atoms with Gasteiger partial charge in [0.05, 0.1) is 7.11 Å². The number of ether oxygens (including phenoxy) is 2. The van der Waals surface area contributed by atoms with Gasteiger partial charge >= 0.3 is 5.97 Å². The smallest absolute Gasteiger partial charge is 0.342 e. The zero-order valence-electron chi connectivity index (χ0n) is 13.6. The molecule has 2 aromatic carbocycles. The third kappa shape index (κ3) is 3.88. The summed E-state index contributed by atoms with van der Waals surface area (Å²) in [6.07, 6.45) is 0. The first kappa shape index (κ1) is 16.1. The normalized spacial score (nSPS) is 11.1. The number of hydrogen-bond acceptors (Lipinski definition) is 3. The minimum Gasteiger partial charge on any atom is -0.496 e. The molecule has 0 saturated heterocycles. The van der Waals surface area contributed by atoms with Crippen LogP contribution in [0.1, 0.15) is 42.3 Å². The van der Waals surface area contributed by atoms with Gasteiger partial charge in [0.1, 0.15) is 17.9 Å². The van der Waals surface area contributed by atoms with Gasteiger partial charge in [-0.05, 0) is 28.7 Å². The predicted octanol–water partition coefficient (Wildman–Crippen LogP) is 4.35. The molecule has 0 aromatic heterocycles. The summed E-state index contributed by atoms with van der Waals surface area (Å²) < 4.78 is 10.5. The van der Waals surface area contributed by atoms with E-state index in [4.69, 9.17) is 9.47 Å². The molecular formula is C19H22O3. The van der Waals surface area contributed by atoms with Gasteiger partial charge in [-0.15, -0.1) is 0 Å². The molecule has 0 spiro atoms. The van der Waals surface area contributed by atoms with Crippen molar-refractivity contribution in [3.63, 3.8) is 0 Å². The fourth-order valence-corrected chi connectivity index (χ4v) is 2.14. The third-order valence-corrected chi connectivity index (χ3v) is 3.52. The molecule has 0 atom stereocenters. The van der Waals surface area contributed by atoms with E-state index in [-0.39, 0.29) is 18.0 Å². The highest BCUT2D eigenvalue weighted by Gasteiger charge is 2.14. The molecule has 0 N–H and O–H groups in total. The first-order chi connectivity index (χ1) is 10.4. The SMILES string of the molecule is COc1ccccc1C(=O)OCc1ccc(C(C)(C)C)cc1. The second kappa shape index (κ2) is 6.65.